The predicted octanol–water partition coefficient (Wildman–Crippen LogP) is 2.20. The third-order valence-electron chi connectivity index (χ3n) is 6.43. The first kappa shape index (κ1) is 24.2. The summed E-state index contributed by atoms with van der Waals surface area (Å²) in [6.07, 6.45) is 0.00363. The number of nitrogens with two attached hydrogens (primary N) is 1. The Hall–Kier alpha value is -4.50. The average molecular weight is 499 g/mol. The zero-order valence-corrected chi connectivity index (χ0v) is 20.4. The van der Waals surface area contributed by atoms with Crippen molar-refractivity contribution in [3.63, 3.8) is 0 Å². The van der Waals surface area contributed by atoms with Crippen molar-refractivity contribution < 1.29 is 23.9 Å². The number of benzodiazepines with no additional fused rings is 1. The normalized spacial score (nSPS) is 18.9. The van der Waals surface area contributed by atoms with Gasteiger partial charge in [0.25, 0.3) is 5.91 Å². The second kappa shape index (κ2) is 9.51. The Labute approximate surface area is 213 Å². The maximum atomic E-state index is 13.7. The van der Waals surface area contributed by atoms with Crippen LogP contribution >= 0.6 is 0 Å². The summed E-state index contributed by atoms with van der Waals surface area (Å²) in [6, 6.07) is 20.6. The molecule has 5 rings (SSSR count). The van der Waals surface area contributed by atoms with Gasteiger partial charge in [0.1, 0.15) is 0 Å². The molecule has 0 spiro atoms. The third-order valence-corrected chi connectivity index (χ3v) is 6.43. The van der Waals surface area contributed by atoms with E-state index < -0.39 is 29.3 Å². The maximum Gasteiger partial charge on any atom is 0.277 e. The van der Waals surface area contributed by atoms with Crippen LogP contribution in [0, 0.1) is 0 Å². The number of aliphatic imine (C=N–C) groups is 1. The summed E-state index contributed by atoms with van der Waals surface area (Å²) in [5.41, 5.74) is 7.35. The van der Waals surface area contributed by atoms with Crippen LogP contribution in [0.25, 0.3) is 0 Å². The molecule has 3 aromatic carbocycles. The van der Waals surface area contributed by atoms with Gasteiger partial charge in [-0.25, -0.2) is 4.99 Å². The van der Waals surface area contributed by atoms with Crippen molar-refractivity contribution in [1.82, 2.24) is 5.32 Å². The molecule has 2 atom stereocenters. The molecule has 3 N–H and O–H groups in total. The quantitative estimate of drug-likeness (QED) is 0.503. The largest absolute Gasteiger partial charge is 0.454 e. The van der Waals surface area contributed by atoms with Crippen LogP contribution in [0.5, 0.6) is 11.5 Å². The van der Waals surface area contributed by atoms with Gasteiger partial charge in [-0.15, -0.1) is 0 Å². The molecule has 9 nitrogen and oxygen atoms in total. The number of ketones is 1. The molecule has 3 aromatic rings. The van der Waals surface area contributed by atoms with E-state index >= 15 is 0 Å². The van der Waals surface area contributed by atoms with Crippen molar-refractivity contribution in [2.75, 3.05) is 18.7 Å². The first-order chi connectivity index (χ1) is 17.8. The second-order valence-electron chi connectivity index (χ2n) is 8.99. The van der Waals surface area contributed by atoms with Crippen LogP contribution in [0.15, 0.2) is 77.8 Å². The Morgan fingerprint density at radius 3 is 2.54 bits per heavy atom. The Bertz CT molecular complexity index is 1420. The maximum absolute atomic E-state index is 13.7. The molecule has 0 saturated heterocycles. The molecule has 0 saturated carbocycles. The van der Waals surface area contributed by atoms with E-state index in [0.29, 0.717) is 39.6 Å². The first-order valence-corrected chi connectivity index (χ1v) is 11.8. The Morgan fingerprint density at radius 1 is 1.05 bits per heavy atom. The lowest BCUT2D eigenvalue weighted by atomic mass is 9.97. The van der Waals surface area contributed by atoms with Crippen molar-refractivity contribution in [3.05, 3.63) is 89.5 Å². The molecule has 9 heteroatoms. The van der Waals surface area contributed by atoms with Gasteiger partial charge in [-0.05, 0) is 30.7 Å². The highest BCUT2D eigenvalue weighted by molar-refractivity contribution is 6.26. The minimum absolute atomic E-state index is 0.00363. The van der Waals surface area contributed by atoms with E-state index in [9.17, 15) is 14.4 Å². The number of hydrogen-bond donors (Lipinski definition) is 2. The van der Waals surface area contributed by atoms with E-state index in [1.165, 1.54) is 11.8 Å². The van der Waals surface area contributed by atoms with Gasteiger partial charge in [0.15, 0.2) is 11.5 Å². The van der Waals surface area contributed by atoms with Crippen molar-refractivity contribution in [3.8, 4) is 11.5 Å². The number of carbonyl (C=O) groups excluding carboxylic acids is 3. The summed E-state index contributed by atoms with van der Waals surface area (Å²) in [4.78, 5) is 45.9. The van der Waals surface area contributed by atoms with Gasteiger partial charge in [-0.1, -0.05) is 54.6 Å². The van der Waals surface area contributed by atoms with E-state index in [-0.39, 0.29) is 13.2 Å². The zero-order chi connectivity index (χ0) is 26.2. The Balaban J connectivity index is 1.43. The van der Waals surface area contributed by atoms with E-state index in [1.54, 1.807) is 37.4 Å². The van der Waals surface area contributed by atoms with Gasteiger partial charge in [-0.3, -0.25) is 20.1 Å². The smallest absolute Gasteiger partial charge is 0.277 e. The number of fused-ring (bicyclic) bond motifs is 2. The molecule has 0 fully saturated rings. The Kier molecular flexibility index (Phi) is 6.22. The summed E-state index contributed by atoms with van der Waals surface area (Å²) in [7, 11) is 1.56. The van der Waals surface area contributed by atoms with Gasteiger partial charge >= 0.3 is 0 Å². The molecule has 0 aromatic heterocycles. The number of amides is 2. The second-order valence-corrected chi connectivity index (χ2v) is 8.99. The van der Waals surface area contributed by atoms with Crippen LogP contribution in [0.3, 0.4) is 0 Å². The summed E-state index contributed by atoms with van der Waals surface area (Å²) in [5.74, 6) is -0.641. The van der Waals surface area contributed by atoms with Crippen LogP contribution in [-0.4, -0.2) is 48.9 Å². The summed E-state index contributed by atoms with van der Waals surface area (Å²) in [6.45, 7) is 1.63. The van der Waals surface area contributed by atoms with Crippen molar-refractivity contribution in [2.24, 2.45) is 10.7 Å². The van der Waals surface area contributed by atoms with Crippen LogP contribution in [0.2, 0.25) is 0 Å². The minimum Gasteiger partial charge on any atom is -0.454 e. The number of hydrogen-bond acceptors (Lipinski definition) is 7. The van der Waals surface area contributed by atoms with Gasteiger partial charge in [-0.2, -0.15) is 0 Å². The molecular formula is C28H26N4O5. The number of Topliss-reactive ketones (excluding diaryl/α,β-unsaturated/α-hetero) is 1. The van der Waals surface area contributed by atoms with Crippen molar-refractivity contribution >= 4 is 29.0 Å². The van der Waals surface area contributed by atoms with Crippen molar-refractivity contribution in [1.29, 1.82) is 0 Å². The number of likely N-dealkylation sites (N-methyl/N-ethyl adjacent to an activating group) is 1. The fourth-order valence-corrected chi connectivity index (χ4v) is 4.52. The Morgan fingerprint density at radius 2 is 1.76 bits per heavy atom. The number of anilines is 1. The lowest BCUT2D eigenvalue weighted by Crippen LogP contribution is -2.63. The van der Waals surface area contributed by atoms with E-state index in [1.807, 2.05) is 42.5 Å². The van der Waals surface area contributed by atoms with E-state index in [0.717, 1.165) is 0 Å². The van der Waals surface area contributed by atoms with Gasteiger partial charge in [0.05, 0.1) is 23.9 Å². The molecule has 188 valence electrons. The van der Waals surface area contributed by atoms with Crippen LogP contribution in [-0.2, 0) is 20.8 Å². The monoisotopic (exact) mass is 498 g/mol. The highest BCUT2D eigenvalue weighted by atomic mass is 16.7. The lowest BCUT2D eigenvalue weighted by molar-refractivity contribution is -0.136. The molecule has 37 heavy (non-hydrogen) atoms. The fraction of sp³-hybridized carbons (Fsp3) is 0.214. The zero-order valence-electron chi connectivity index (χ0n) is 20.4. The number of nitrogens with one attached hydrogen (secondary N) is 1. The molecular weight excluding hydrogens is 472 g/mol. The first-order valence-electron chi connectivity index (χ1n) is 11.8. The third kappa shape index (κ3) is 4.45. The number of nitrogens with zero attached hydrogens (tertiary/aromatic N) is 2. The fourth-order valence-electron chi connectivity index (χ4n) is 4.52. The predicted molar refractivity (Wildman–Crippen MR) is 138 cm³/mol. The average Bonchev–Trinajstić information content (AvgIpc) is 3.36. The van der Waals surface area contributed by atoms with Gasteiger partial charge < -0.3 is 19.7 Å². The molecule has 2 unspecified atom stereocenters. The van der Waals surface area contributed by atoms with E-state index in [4.69, 9.17) is 15.2 Å². The summed E-state index contributed by atoms with van der Waals surface area (Å²) >= 11 is 0. The summed E-state index contributed by atoms with van der Waals surface area (Å²) < 4.78 is 10.7. The molecule has 2 aliphatic heterocycles. The molecule has 2 amide bonds. The summed E-state index contributed by atoms with van der Waals surface area (Å²) in [5, 5.41) is 2.67. The van der Waals surface area contributed by atoms with Crippen molar-refractivity contribution in [2.45, 2.75) is 25.0 Å². The minimum atomic E-state index is -2.25. The molecule has 2 heterocycles. The van der Waals surface area contributed by atoms with Crippen LogP contribution in [0.4, 0.5) is 5.69 Å². The number of rotatable bonds is 6. The molecule has 2 aliphatic rings. The highest BCUT2D eigenvalue weighted by Crippen LogP contribution is 2.33. The highest BCUT2D eigenvalue weighted by Gasteiger charge is 2.48. The van der Waals surface area contributed by atoms with E-state index in [2.05, 4.69) is 10.3 Å². The topological polar surface area (TPSA) is 123 Å². The van der Waals surface area contributed by atoms with Crippen LogP contribution in [0.1, 0.15) is 23.6 Å². The van der Waals surface area contributed by atoms with Gasteiger partial charge in [0.2, 0.25) is 24.1 Å². The molecule has 0 bridgehead atoms. The number of para-hydroxylation sites is 1. The SMILES string of the molecule is CC(NC(=O)Cc1ccc2c(c1)OCO2)C(=O)C1(N)N=C(c2ccccc2)c2ccccc2N(C)C1=O. The van der Waals surface area contributed by atoms with Crippen LogP contribution < -0.4 is 25.4 Å². The van der Waals surface area contributed by atoms with Gasteiger partial charge in [0, 0.05) is 18.2 Å². The molecule has 0 aliphatic carbocycles. The lowest BCUT2D eigenvalue weighted by Gasteiger charge is -2.28. The molecule has 0 radical (unpaired) electrons. The number of benzene rings is 3. The number of carbonyl (C=O) groups is 3. The standard InChI is InChI=1S/C28H26N4O5/c1-17(30-24(33)15-18-12-13-22-23(14-18)37-16-36-22)26(34)28(29)27(35)32(2)21-11-7-6-10-20(21)25(31-28)19-8-4-3-5-9-19/h3-14,17H,15-16,29H2,1-2H3,(H,30,33). The number of ether oxygens (including phenoxy) is 2.